The fourth-order valence-corrected chi connectivity index (χ4v) is 2.33. The minimum Gasteiger partial charge on any atom is -0.493 e. The molecule has 0 spiro atoms. The number of nitrogens with zero attached hydrogens (tertiary/aromatic N) is 1. The van der Waals surface area contributed by atoms with Crippen LogP contribution in [0.4, 0.5) is 8.78 Å². The first-order chi connectivity index (χ1) is 11.5. The van der Waals surface area contributed by atoms with E-state index in [-0.39, 0.29) is 18.1 Å². The Hall–Kier alpha value is -2.05. The first kappa shape index (κ1) is 18.3. The van der Waals surface area contributed by atoms with Gasteiger partial charge >= 0.3 is 6.61 Å². The van der Waals surface area contributed by atoms with Crippen LogP contribution < -0.4 is 9.47 Å². The number of rotatable bonds is 7. The molecule has 4 nitrogen and oxygen atoms in total. The largest absolute Gasteiger partial charge is 0.493 e. The lowest BCUT2D eigenvalue weighted by atomic mass is 10.2. The van der Waals surface area contributed by atoms with Gasteiger partial charge in [-0.15, -0.1) is 0 Å². The Balaban J connectivity index is 2.01. The van der Waals surface area contributed by atoms with Crippen molar-refractivity contribution in [3.05, 3.63) is 57.6 Å². The molecule has 0 bridgehead atoms. The zero-order valence-corrected chi connectivity index (χ0v) is 14.0. The molecule has 0 aliphatic heterocycles. The molecule has 0 unspecified atom stereocenters. The average molecular weight is 376 g/mol. The number of halogens is 4. The third-order valence-corrected chi connectivity index (χ3v) is 3.66. The number of oxime groups is 1. The Kier molecular flexibility index (Phi) is 6.63. The van der Waals surface area contributed by atoms with E-state index >= 15 is 0 Å². The smallest absolute Gasteiger partial charge is 0.387 e. The van der Waals surface area contributed by atoms with Gasteiger partial charge in [0.2, 0.25) is 0 Å². The van der Waals surface area contributed by atoms with Gasteiger partial charge in [0, 0.05) is 21.2 Å². The molecule has 0 fully saturated rings. The van der Waals surface area contributed by atoms with E-state index in [0.29, 0.717) is 21.2 Å². The van der Waals surface area contributed by atoms with Crippen LogP contribution in [0.2, 0.25) is 10.0 Å². The van der Waals surface area contributed by atoms with E-state index in [1.807, 2.05) is 0 Å². The van der Waals surface area contributed by atoms with Crippen molar-refractivity contribution >= 4 is 29.4 Å². The number of alkyl halides is 2. The molecule has 24 heavy (non-hydrogen) atoms. The Bertz CT molecular complexity index is 706. The molecular weight excluding hydrogens is 363 g/mol. The van der Waals surface area contributed by atoms with Crippen LogP contribution in [0.5, 0.6) is 11.5 Å². The van der Waals surface area contributed by atoms with Gasteiger partial charge < -0.3 is 14.3 Å². The number of ether oxygens (including phenoxy) is 2. The van der Waals surface area contributed by atoms with E-state index in [4.69, 9.17) is 32.8 Å². The van der Waals surface area contributed by atoms with E-state index in [9.17, 15) is 8.78 Å². The maximum absolute atomic E-state index is 12.3. The van der Waals surface area contributed by atoms with Crippen molar-refractivity contribution in [2.24, 2.45) is 5.16 Å². The van der Waals surface area contributed by atoms with Gasteiger partial charge in [0.25, 0.3) is 0 Å². The molecule has 128 valence electrons. The number of hydrogen-bond acceptors (Lipinski definition) is 4. The number of hydrogen-bond donors (Lipinski definition) is 0. The zero-order chi connectivity index (χ0) is 17.5. The summed E-state index contributed by atoms with van der Waals surface area (Å²) < 4.78 is 33.9. The van der Waals surface area contributed by atoms with Crippen LogP contribution in [0.3, 0.4) is 0 Å². The summed E-state index contributed by atoms with van der Waals surface area (Å²) in [6.45, 7) is -2.83. The quantitative estimate of drug-likeness (QED) is 0.495. The van der Waals surface area contributed by atoms with E-state index in [1.54, 1.807) is 18.2 Å². The summed E-state index contributed by atoms with van der Waals surface area (Å²) in [5.74, 6) is 0.0989. The Labute approximate surface area is 147 Å². The van der Waals surface area contributed by atoms with Gasteiger partial charge in [-0.05, 0) is 30.3 Å². The van der Waals surface area contributed by atoms with E-state index in [1.165, 1.54) is 31.5 Å². The maximum Gasteiger partial charge on any atom is 0.387 e. The second-order valence-electron chi connectivity index (χ2n) is 4.50. The van der Waals surface area contributed by atoms with Crippen molar-refractivity contribution in [1.82, 2.24) is 0 Å². The van der Waals surface area contributed by atoms with Gasteiger partial charge in [0.15, 0.2) is 11.5 Å². The van der Waals surface area contributed by atoms with Crippen LogP contribution in [-0.2, 0) is 11.4 Å². The van der Waals surface area contributed by atoms with Gasteiger partial charge in [-0.1, -0.05) is 34.4 Å². The Morgan fingerprint density at radius 3 is 2.46 bits per heavy atom. The molecule has 0 saturated heterocycles. The number of methoxy groups -OCH3 is 1. The lowest BCUT2D eigenvalue weighted by Crippen LogP contribution is -2.03. The monoisotopic (exact) mass is 375 g/mol. The molecular formula is C16H13Cl2F2NO3. The summed E-state index contributed by atoms with van der Waals surface area (Å²) in [6, 6.07) is 9.51. The average Bonchev–Trinajstić information content (AvgIpc) is 2.54. The highest BCUT2D eigenvalue weighted by Gasteiger charge is 2.10. The van der Waals surface area contributed by atoms with Crippen molar-refractivity contribution in [3.63, 3.8) is 0 Å². The highest BCUT2D eigenvalue weighted by Crippen LogP contribution is 2.29. The molecule has 0 atom stereocenters. The van der Waals surface area contributed by atoms with Crippen LogP contribution in [0.25, 0.3) is 0 Å². The topological polar surface area (TPSA) is 40.0 Å². The summed E-state index contributed by atoms with van der Waals surface area (Å²) in [4.78, 5) is 5.16. The highest BCUT2D eigenvalue weighted by atomic mass is 35.5. The lowest BCUT2D eigenvalue weighted by molar-refractivity contribution is -0.0512. The van der Waals surface area contributed by atoms with Crippen LogP contribution in [-0.4, -0.2) is 19.9 Å². The Morgan fingerprint density at radius 2 is 1.83 bits per heavy atom. The normalized spacial score (nSPS) is 11.1. The Morgan fingerprint density at radius 1 is 1.12 bits per heavy atom. The summed E-state index contributed by atoms with van der Waals surface area (Å²) in [5.41, 5.74) is 1.20. The molecule has 0 amide bonds. The fourth-order valence-electron chi connectivity index (χ4n) is 1.83. The van der Waals surface area contributed by atoms with Crippen LogP contribution >= 0.6 is 23.2 Å². The van der Waals surface area contributed by atoms with Crippen molar-refractivity contribution in [3.8, 4) is 11.5 Å². The molecule has 0 N–H and O–H groups in total. The van der Waals surface area contributed by atoms with E-state index < -0.39 is 6.61 Å². The lowest BCUT2D eigenvalue weighted by Gasteiger charge is -2.10. The van der Waals surface area contributed by atoms with Gasteiger partial charge in [0.1, 0.15) is 6.61 Å². The second kappa shape index (κ2) is 8.70. The second-order valence-corrected chi connectivity index (χ2v) is 5.31. The third-order valence-electron chi connectivity index (χ3n) is 2.95. The summed E-state index contributed by atoms with van der Waals surface area (Å²) >= 11 is 12.0. The molecule has 2 aromatic carbocycles. The van der Waals surface area contributed by atoms with Crippen molar-refractivity contribution in [2.75, 3.05) is 7.11 Å². The molecule has 0 aromatic heterocycles. The van der Waals surface area contributed by atoms with E-state index in [2.05, 4.69) is 9.89 Å². The fraction of sp³-hybridized carbons (Fsp3) is 0.188. The third kappa shape index (κ3) is 4.97. The summed E-state index contributed by atoms with van der Waals surface area (Å²) in [5, 5.41) is 4.76. The molecule has 0 heterocycles. The van der Waals surface area contributed by atoms with Crippen LogP contribution in [0.1, 0.15) is 11.1 Å². The molecule has 0 saturated carbocycles. The molecule has 2 aromatic rings. The molecule has 8 heteroatoms. The number of benzene rings is 2. The zero-order valence-electron chi connectivity index (χ0n) is 12.5. The van der Waals surface area contributed by atoms with Gasteiger partial charge in [-0.3, -0.25) is 0 Å². The van der Waals surface area contributed by atoms with Gasteiger partial charge in [-0.25, -0.2) is 0 Å². The predicted molar refractivity (Wildman–Crippen MR) is 88.5 cm³/mol. The minimum absolute atomic E-state index is 0.0617. The summed E-state index contributed by atoms with van der Waals surface area (Å²) in [6.07, 6.45) is 1.40. The van der Waals surface area contributed by atoms with Gasteiger partial charge in [-0.2, -0.15) is 8.78 Å². The van der Waals surface area contributed by atoms with Crippen molar-refractivity contribution in [2.45, 2.75) is 13.2 Å². The van der Waals surface area contributed by atoms with Crippen molar-refractivity contribution < 1.29 is 23.1 Å². The highest BCUT2D eigenvalue weighted by molar-refractivity contribution is 6.35. The first-order valence-corrected chi connectivity index (χ1v) is 7.48. The van der Waals surface area contributed by atoms with Gasteiger partial charge in [0.05, 0.1) is 13.3 Å². The first-order valence-electron chi connectivity index (χ1n) is 6.72. The van der Waals surface area contributed by atoms with Crippen molar-refractivity contribution in [1.29, 1.82) is 0 Å². The minimum atomic E-state index is -2.93. The molecule has 0 aliphatic carbocycles. The van der Waals surface area contributed by atoms with E-state index in [0.717, 1.165) is 0 Å². The molecule has 2 rings (SSSR count). The SMILES string of the molecule is COc1cc(C=NOCc2c(Cl)cccc2Cl)ccc1OC(F)F. The summed E-state index contributed by atoms with van der Waals surface area (Å²) in [7, 11) is 1.35. The van der Waals surface area contributed by atoms with Crippen LogP contribution in [0.15, 0.2) is 41.6 Å². The van der Waals surface area contributed by atoms with Crippen LogP contribution in [0, 0.1) is 0 Å². The predicted octanol–water partition coefficient (Wildman–Crippen LogP) is 5.15. The molecule has 0 radical (unpaired) electrons. The molecule has 0 aliphatic rings. The standard InChI is InChI=1S/C16H13Cl2F2NO3/c1-22-15-7-10(5-6-14(15)24-16(19)20)8-21-23-9-11-12(17)3-2-4-13(11)18/h2-8,16H,9H2,1H3. The maximum atomic E-state index is 12.3.